The summed E-state index contributed by atoms with van der Waals surface area (Å²) < 4.78 is 10.6. The normalized spacial score (nSPS) is 14.9. The highest BCUT2D eigenvalue weighted by Crippen LogP contribution is 1.92. The summed E-state index contributed by atoms with van der Waals surface area (Å²) >= 11 is 0. The van der Waals surface area contributed by atoms with Crippen LogP contribution in [-0.4, -0.2) is 49.7 Å². The van der Waals surface area contributed by atoms with Crippen molar-refractivity contribution in [1.29, 1.82) is 0 Å². The molecule has 102 valence electrons. The van der Waals surface area contributed by atoms with E-state index in [1.807, 2.05) is 19.9 Å². The summed E-state index contributed by atoms with van der Waals surface area (Å²) in [6, 6.07) is 0.339. The molecule has 0 saturated carbocycles. The minimum Gasteiger partial charge on any atom is -0.389 e. The maximum atomic E-state index is 9.62. The zero-order chi connectivity index (χ0) is 13.1. The van der Waals surface area contributed by atoms with Gasteiger partial charge in [-0.3, -0.25) is 0 Å². The molecule has 4 nitrogen and oxygen atoms in total. The van der Waals surface area contributed by atoms with Gasteiger partial charge in [0.25, 0.3) is 0 Å². The largest absolute Gasteiger partial charge is 0.389 e. The Bertz CT molecular complexity index is 186. The fourth-order valence-corrected chi connectivity index (χ4v) is 1.29. The van der Waals surface area contributed by atoms with Gasteiger partial charge >= 0.3 is 0 Å². The third-order valence-electron chi connectivity index (χ3n) is 2.21. The van der Waals surface area contributed by atoms with E-state index in [1.165, 1.54) is 0 Å². The molecule has 0 rings (SSSR count). The molecule has 0 aromatic rings. The smallest absolute Gasteiger partial charge is 0.0897 e. The standard InChI is InChI=1S/C13H27NO3/c1-5-6-12(4)14-9-13(15)10-16-7-8-17-11(2)3/h5,11-15H,1,6-10H2,2-4H3. The fourth-order valence-electron chi connectivity index (χ4n) is 1.29. The number of nitrogens with one attached hydrogen (secondary N) is 1. The van der Waals surface area contributed by atoms with Gasteiger partial charge in [0, 0.05) is 12.6 Å². The van der Waals surface area contributed by atoms with Crippen LogP contribution in [0.3, 0.4) is 0 Å². The predicted molar refractivity (Wildman–Crippen MR) is 70.2 cm³/mol. The molecule has 0 radical (unpaired) electrons. The lowest BCUT2D eigenvalue weighted by Crippen LogP contribution is -2.35. The van der Waals surface area contributed by atoms with Gasteiger partial charge < -0.3 is 19.9 Å². The first-order valence-corrected chi connectivity index (χ1v) is 6.28. The van der Waals surface area contributed by atoms with Gasteiger partial charge in [-0.15, -0.1) is 6.58 Å². The summed E-state index contributed by atoms with van der Waals surface area (Å²) in [5, 5.41) is 12.8. The third kappa shape index (κ3) is 11.8. The maximum absolute atomic E-state index is 9.62. The lowest BCUT2D eigenvalue weighted by Gasteiger charge is -2.16. The number of ether oxygens (including phenoxy) is 2. The second kappa shape index (κ2) is 10.7. The highest BCUT2D eigenvalue weighted by atomic mass is 16.5. The summed E-state index contributed by atoms with van der Waals surface area (Å²) in [5.74, 6) is 0. The van der Waals surface area contributed by atoms with Gasteiger partial charge in [-0.25, -0.2) is 0 Å². The topological polar surface area (TPSA) is 50.7 Å². The second-order valence-electron chi connectivity index (χ2n) is 4.48. The summed E-state index contributed by atoms with van der Waals surface area (Å²) in [6.45, 7) is 11.7. The molecule has 0 aromatic carbocycles. The zero-order valence-electron chi connectivity index (χ0n) is 11.3. The molecular formula is C13H27NO3. The Hall–Kier alpha value is -0.420. The molecule has 0 aromatic heterocycles. The zero-order valence-corrected chi connectivity index (χ0v) is 11.3. The van der Waals surface area contributed by atoms with Crippen LogP contribution in [0, 0.1) is 0 Å². The van der Waals surface area contributed by atoms with Crippen LogP contribution in [0.2, 0.25) is 0 Å². The summed E-state index contributed by atoms with van der Waals surface area (Å²) in [4.78, 5) is 0. The van der Waals surface area contributed by atoms with E-state index in [2.05, 4.69) is 18.8 Å². The third-order valence-corrected chi connectivity index (χ3v) is 2.21. The highest BCUT2D eigenvalue weighted by Gasteiger charge is 2.06. The first-order chi connectivity index (χ1) is 8.06. The second-order valence-corrected chi connectivity index (χ2v) is 4.48. The highest BCUT2D eigenvalue weighted by molar-refractivity contribution is 4.75. The maximum Gasteiger partial charge on any atom is 0.0897 e. The average molecular weight is 245 g/mol. The van der Waals surface area contributed by atoms with Gasteiger partial charge in [0.15, 0.2) is 0 Å². The van der Waals surface area contributed by atoms with Gasteiger partial charge in [-0.1, -0.05) is 6.08 Å². The van der Waals surface area contributed by atoms with Crippen LogP contribution in [0.25, 0.3) is 0 Å². The van der Waals surface area contributed by atoms with E-state index in [9.17, 15) is 5.11 Å². The van der Waals surface area contributed by atoms with Crippen molar-refractivity contribution >= 4 is 0 Å². The van der Waals surface area contributed by atoms with E-state index in [1.54, 1.807) is 0 Å². The van der Waals surface area contributed by atoms with Gasteiger partial charge in [-0.05, 0) is 27.2 Å². The molecule has 0 heterocycles. The van der Waals surface area contributed by atoms with Crippen LogP contribution < -0.4 is 5.32 Å². The molecule has 0 saturated heterocycles. The molecule has 0 aliphatic rings. The molecular weight excluding hydrogens is 218 g/mol. The average Bonchev–Trinajstić information content (AvgIpc) is 2.26. The van der Waals surface area contributed by atoms with Crippen LogP contribution >= 0.6 is 0 Å². The molecule has 0 aliphatic carbocycles. The molecule has 0 fully saturated rings. The van der Waals surface area contributed by atoms with E-state index in [0.717, 1.165) is 6.42 Å². The van der Waals surface area contributed by atoms with Gasteiger partial charge in [0.2, 0.25) is 0 Å². The molecule has 4 heteroatoms. The number of hydrogen-bond acceptors (Lipinski definition) is 4. The van der Waals surface area contributed by atoms with Crippen molar-refractivity contribution in [2.75, 3.05) is 26.4 Å². The summed E-state index contributed by atoms with van der Waals surface area (Å²) in [6.07, 6.45) is 2.52. The minimum atomic E-state index is -0.471. The van der Waals surface area contributed by atoms with E-state index in [4.69, 9.17) is 9.47 Å². The quantitative estimate of drug-likeness (QED) is 0.426. The van der Waals surface area contributed by atoms with Crippen molar-refractivity contribution in [2.24, 2.45) is 0 Å². The number of aliphatic hydroxyl groups is 1. The van der Waals surface area contributed by atoms with E-state index in [0.29, 0.717) is 32.4 Å². The monoisotopic (exact) mass is 245 g/mol. The van der Waals surface area contributed by atoms with Crippen LogP contribution in [-0.2, 0) is 9.47 Å². The van der Waals surface area contributed by atoms with Crippen molar-refractivity contribution in [3.63, 3.8) is 0 Å². The van der Waals surface area contributed by atoms with Crippen LogP contribution in [0.1, 0.15) is 27.2 Å². The summed E-state index contributed by atoms with van der Waals surface area (Å²) in [5.41, 5.74) is 0. The van der Waals surface area contributed by atoms with Crippen LogP contribution in [0.4, 0.5) is 0 Å². The molecule has 17 heavy (non-hydrogen) atoms. The molecule has 2 atom stereocenters. The van der Waals surface area contributed by atoms with Crippen LogP contribution in [0.15, 0.2) is 12.7 Å². The molecule has 2 N–H and O–H groups in total. The summed E-state index contributed by atoms with van der Waals surface area (Å²) in [7, 11) is 0. The minimum absolute atomic E-state index is 0.227. The Balaban J connectivity index is 3.34. The van der Waals surface area contributed by atoms with Crippen molar-refractivity contribution in [2.45, 2.75) is 45.4 Å². The van der Waals surface area contributed by atoms with Gasteiger partial charge in [0.05, 0.1) is 32.0 Å². The van der Waals surface area contributed by atoms with Crippen molar-refractivity contribution in [1.82, 2.24) is 5.32 Å². The Morgan fingerprint density at radius 3 is 2.59 bits per heavy atom. The Morgan fingerprint density at radius 1 is 1.29 bits per heavy atom. The number of hydrogen-bond donors (Lipinski definition) is 2. The Kier molecular flexibility index (Phi) is 10.5. The van der Waals surface area contributed by atoms with Gasteiger partial charge in [-0.2, -0.15) is 0 Å². The molecule has 0 bridgehead atoms. The van der Waals surface area contributed by atoms with E-state index < -0.39 is 6.10 Å². The lowest BCUT2D eigenvalue weighted by molar-refractivity contribution is -0.0104. The van der Waals surface area contributed by atoms with Gasteiger partial charge in [0.1, 0.15) is 0 Å². The first-order valence-electron chi connectivity index (χ1n) is 6.28. The number of aliphatic hydroxyl groups excluding tert-OH is 1. The van der Waals surface area contributed by atoms with Crippen molar-refractivity contribution in [3.8, 4) is 0 Å². The van der Waals surface area contributed by atoms with E-state index in [-0.39, 0.29) is 6.10 Å². The molecule has 2 unspecified atom stereocenters. The molecule has 0 amide bonds. The predicted octanol–water partition coefficient (Wildman–Crippen LogP) is 1.34. The van der Waals surface area contributed by atoms with Crippen LogP contribution in [0.5, 0.6) is 0 Å². The Morgan fingerprint density at radius 2 is 2.00 bits per heavy atom. The van der Waals surface area contributed by atoms with Crippen molar-refractivity contribution < 1.29 is 14.6 Å². The van der Waals surface area contributed by atoms with E-state index >= 15 is 0 Å². The Labute approximate surface area is 105 Å². The van der Waals surface area contributed by atoms with Crippen molar-refractivity contribution in [3.05, 3.63) is 12.7 Å². The first kappa shape index (κ1) is 16.6. The SMILES string of the molecule is C=CCC(C)NCC(O)COCCOC(C)C. The lowest BCUT2D eigenvalue weighted by atomic mass is 10.2. The molecule has 0 spiro atoms. The molecule has 0 aliphatic heterocycles. The fraction of sp³-hybridized carbons (Fsp3) is 0.846. The number of rotatable bonds is 11.